The summed E-state index contributed by atoms with van der Waals surface area (Å²) in [5.74, 6) is -1.01. The van der Waals surface area contributed by atoms with Crippen LogP contribution in [0.1, 0.15) is 25.7 Å². The van der Waals surface area contributed by atoms with E-state index in [1.54, 1.807) is 6.07 Å². The first-order valence-electron chi connectivity index (χ1n) is 7.13. The summed E-state index contributed by atoms with van der Waals surface area (Å²) in [5, 5.41) is 2.99. The summed E-state index contributed by atoms with van der Waals surface area (Å²) in [6.45, 7) is 0. The van der Waals surface area contributed by atoms with Crippen molar-refractivity contribution < 1.29 is 22.3 Å². The lowest BCUT2D eigenvalue weighted by molar-refractivity contribution is -0.157. The Kier molecular flexibility index (Phi) is 3.88. The van der Waals surface area contributed by atoms with Gasteiger partial charge in [0.2, 0.25) is 0 Å². The Hall–Kier alpha value is -1.93. The number of hydrogen-bond acceptors (Lipinski definition) is 5. The largest absolute Gasteiger partial charge is 0.350 e. The zero-order chi connectivity index (χ0) is 15.7. The maximum atomic E-state index is 12.4. The minimum atomic E-state index is -4.22. The van der Waals surface area contributed by atoms with Gasteiger partial charge in [0.05, 0.1) is 10.8 Å². The normalized spacial score (nSPS) is 25.5. The Morgan fingerprint density at radius 2 is 1.77 bits per heavy atom. The maximum Gasteiger partial charge on any atom is 0.350 e. The van der Waals surface area contributed by atoms with Crippen LogP contribution in [0.15, 0.2) is 35.2 Å². The number of hydrogen-bond donors (Lipinski definition) is 1. The molecule has 1 aliphatic heterocycles. The molecule has 0 radical (unpaired) electrons. The van der Waals surface area contributed by atoms with E-state index >= 15 is 0 Å². The smallest absolute Gasteiger partial charge is 0.332 e. The third kappa shape index (κ3) is 2.71. The van der Waals surface area contributed by atoms with Crippen LogP contribution in [0.25, 0.3) is 0 Å². The number of hydroxylamine groups is 2. The van der Waals surface area contributed by atoms with Crippen molar-refractivity contribution in [3.05, 3.63) is 30.3 Å². The van der Waals surface area contributed by atoms with Gasteiger partial charge in [-0.15, -0.1) is 9.35 Å². The Labute approximate surface area is 128 Å². The molecule has 1 aliphatic carbocycles. The molecule has 0 bridgehead atoms. The highest BCUT2D eigenvalue weighted by Gasteiger charge is 2.44. The highest BCUT2D eigenvalue weighted by atomic mass is 32.2. The van der Waals surface area contributed by atoms with E-state index in [1.807, 2.05) is 0 Å². The van der Waals surface area contributed by atoms with Crippen LogP contribution in [0.2, 0.25) is 0 Å². The quantitative estimate of drug-likeness (QED) is 0.907. The van der Waals surface area contributed by atoms with Crippen LogP contribution >= 0.6 is 0 Å². The van der Waals surface area contributed by atoms with E-state index in [2.05, 4.69) is 5.32 Å². The summed E-state index contributed by atoms with van der Waals surface area (Å²) in [5.41, 5.74) is 0. The molecule has 2 atom stereocenters. The first-order chi connectivity index (χ1) is 10.5. The zero-order valence-electron chi connectivity index (χ0n) is 11.8. The molecular weight excluding hydrogens is 308 g/mol. The van der Waals surface area contributed by atoms with Crippen LogP contribution in [0.4, 0.5) is 4.79 Å². The van der Waals surface area contributed by atoms with E-state index < -0.39 is 28.0 Å². The lowest BCUT2D eigenvalue weighted by Gasteiger charge is -2.38. The summed E-state index contributed by atoms with van der Waals surface area (Å²) in [7, 11) is -4.22. The zero-order valence-corrected chi connectivity index (χ0v) is 12.6. The molecule has 1 aromatic rings. The molecule has 1 heterocycles. The Balaban J connectivity index is 1.82. The minimum Gasteiger partial charge on any atom is -0.332 e. The monoisotopic (exact) mass is 324 g/mol. The molecule has 8 heteroatoms. The van der Waals surface area contributed by atoms with Gasteiger partial charge in [0.1, 0.15) is 0 Å². The van der Waals surface area contributed by atoms with Crippen molar-refractivity contribution in [2.24, 2.45) is 5.92 Å². The fraction of sp³-hybridized carbons (Fsp3) is 0.429. The standard InChI is InChI=1S/C14H16N2O5S/c17-13-11-8-4-5-9-12(11)15-14(18)16(13)21-22(19,20)10-6-2-1-3-7-10/h1-3,6-7,11-12H,4-5,8-9H2,(H,15,18). The SMILES string of the molecule is O=C1NC2CCCCC2C(=O)N1OS(=O)(=O)c1ccccc1. The third-order valence-electron chi connectivity index (χ3n) is 3.98. The number of nitrogens with zero attached hydrogens (tertiary/aromatic N) is 1. The molecule has 118 valence electrons. The Bertz CT molecular complexity index is 688. The average Bonchev–Trinajstić information content (AvgIpc) is 2.52. The number of rotatable bonds is 3. The van der Waals surface area contributed by atoms with Gasteiger partial charge >= 0.3 is 16.1 Å². The molecule has 0 spiro atoms. The number of nitrogens with one attached hydrogen (secondary N) is 1. The molecule has 3 amide bonds. The highest BCUT2D eigenvalue weighted by molar-refractivity contribution is 7.86. The van der Waals surface area contributed by atoms with Gasteiger partial charge in [0, 0.05) is 6.04 Å². The summed E-state index contributed by atoms with van der Waals surface area (Å²) < 4.78 is 29.1. The molecule has 2 aliphatic rings. The van der Waals surface area contributed by atoms with E-state index in [1.165, 1.54) is 24.3 Å². The van der Waals surface area contributed by atoms with Crippen molar-refractivity contribution in [3.63, 3.8) is 0 Å². The third-order valence-corrected chi connectivity index (χ3v) is 5.18. The van der Waals surface area contributed by atoms with Gasteiger partial charge in [0.15, 0.2) is 0 Å². The van der Waals surface area contributed by atoms with Gasteiger partial charge in [-0.3, -0.25) is 4.79 Å². The number of fused-ring (bicyclic) bond motifs is 1. The lowest BCUT2D eigenvalue weighted by atomic mass is 9.83. The molecule has 22 heavy (non-hydrogen) atoms. The van der Waals surface area contributed by atoms with Gasteiger partial charge in [-0.1, -0.05) is 31.0 Å². The van der Waals surface area contributed by atoms with Crippen LogP contribution in [-0.4, -0.2) is 31.5 Å². The van der Waals surface area contributed by atoms with Crippen LogP contribution in [0.5, 0.6) is 0 Å². The highest BCUT2D eigenvalue weighted by Crippen LogP contribution is 2.30. The van der Waals surface area contributed by atoms with E-state index in [-0.39, 0.29) is 10.9 Å². The molecule has 1 aromatic carbocycles. The summed E-state index contributed by atoms with van der Waals surface area (Å²) in [6, 6.07) is 6.35. The van der Waals surface area contributed by atoms with E-state index in [9.17, 15) is 18.0 Å². The average molecular weight is 324 g/mol. The summed E-state index contributed by atoms with van der Waals surface area (Å²) in [4.78, 5) is 24.2. The number of urea groups is 1. The fourth-order valence-corrected chi connectivity index (χ4v) is 3.78. The minimum absolute atomic E-state index is 0.110. The van der Waals surface area contributed by atoms with E-state index in [0.717, 1.165) is 19.3 Å². The molecule has 1 saturated heterocycles. The molecule has 3 rings (SSSR count). The van der Waals surface area contributed by atoms with Gasteiger partial charge in [-0.2, -0.15) is 8.42 Å². The first-order valence-corrected chi connectivity index (χ1v) is 8.54. The topological polar surface area (TPSA) is 92.8 Å². The Morgan fingerprint density at radius 3 is 2.50 bits per heavy atom. The molecule has 0 aromatic heterocycles. The summed E-state index contributed by atoms with van der Waals surface area (Å²) >= 11 is 0. The van der Waals surface area contributed by atoms with Gasteiger partial charge < -0.3 is 5.32 Å². The van der Waals surface area contributed by atoms with Crippen LogP contribution in [-0.2, 0) is 19.2 Å². The second kappa shape index (κ2) is 5.69. The number of carbonyl (C=O) groups excluding carboxylic acids is 2. The molecule has 1 N–H and O–H groups in total. The molecule has 2 unspecified atom stereocenters. The van der Waals surface area contributed by atoms with E-state index in [4.69, 9.17) is 4.28 Å². The first kappa shape index (κ1) is 15.0. The van der Waals surface area contributed by atoms with Crippen molar-refractivity contribution in [1.82, 2.24) is 10.4 Å². The second-order valence-corrected chi connectivity index (χ2v) is 6.95. The van der Waals surface area contributed by atoms with Crippen molar-refractivity contribution in [2.75, 3.05) is 0 Å². The van der Waals surface area contributed by atoms with Gasteiger partial charge in [-0.25, -0.2) is 4.79 Å². The predicted molar refractivity (Wildman–Crippen MR) is 75.8 cm³/mol. The number of imide groups is 1. The fourth-order valence-electron chi connectivity index (χ4n) is 2.87. The number of carbonyl (C=O) groups is 2. The van der Waals surface area contributed by atoms with E-state index in [0.29, 0.717) is 11.5 Å². The van der Waals surface area contributed by atoms with Crippen molar-refractivity contribution in [1.29, 1.82) is 0 Å². The predicted octanol–water partition coefficient (Wildman–Crippen LogP) is 1.42. The van der Waals surface area contributed by atoms with Crippen molar-refractivity contribution >= 4 is 22.1 Å². The summed E-state index contributed by atoms with van der Waals surface area (Å²) in [6.07, 6.45) is 3.16. The number of benzene rings is 1. The maximum absolute atomic E-state index is 12.4. The molecule has 7 nitrogen and oxygen atoms in total. The van der Waals surface area contributed by atoms with Crippen LogP contribution < -0.4 is 5.32 Å². The van der Waals surface area contributed by atoms with Crippen molar-refractivity contribution in [2.45, 2.75) is 36.6 Å². The molecular formula is C14H16N2O5S. The van der Waals surface area contributed by atoms with Crippen LogP contribution in [0, 0.1) is 5.92 Å². The molecule has 1 saturated carbocycles. The number of amides is 3. The molecule has 2 fully saturated rings. The van der Waals surface area contributed by atoms with Crippen molar-refractivity contribution in [3.8, 4) is 0 Å². The Morgan fingerprint density at radius 1 is 1.09 bits per heavy atom. The van der Waals surface area contributed by atoms with Gasteiger partial charge in [-0.05, 0) is 25.0 Å². The van der Waals surface area contributed by atoms with Gasteiger partial charge in [0.25, 0.3) is 5.91 Å². The lowest BCUT2D eigenvalue weighted by Crippen LogP contribution is -2.60. The second-order valence-electron chi connectivity index (χ2n) is 5.42. The van der Waals surface area contributed by atoms with Crippen LogP contribution in [0.3, 0.4) is 0 Å².